The fourth-order valence-corrected chi connectivity index (χ4v) is 1.81. The molecule has 2 aromatic heterocycles. The molecule has 0 bridgehead atoms. The first-order valence-electron chi connectivity index (χ1n) is 4.31. The van der Waals surface area contributed by atoms with Gasteiger partial charge in [0, 0.05) is 19.4 Å². The highest BCUT2D eigenvalue weighted by molar-refractivity contribution is 7.99. The summed E-state index contributed by atoms with van der Waals surface area (Å²) in [6.45, 7) is 0. The normalized spacial score (nSPS) is 10.1. The van der Waals surface area contributed by atoms with Crippen LogP contribution in [0.1, 0.15) is 0 Å². The monoisotopic (exact) mass is 254 g/mol. The number of nitrogens with zero attached hydrogens (tertiary/aromatic N) is 5. The lowest BCUT2D eigenvalue weighted by atomic mass is 10.8. The van der Waals surface area contributed by atoms with Gasteiger partial charge in [-0.25, -0.2) is 4.98 Å². The van der Waals surface area contributed by atoms with Crippen molar-refractivity contribution >= 4 is 29.3 Å². The molecule has 0 fully saturated rings. The van der Waals surface area contributed by atoms with Gasteiger partial charge in [-0.3, -0.25) is 4.98 Å². The van der Waals surface area contributed by atoms with E-state index < -0.39 is 0 Å². The highest BCUT2D eigenvalue weighted by atomic mass is 35.5. The molecule has 6 nitrogen and oxygen atoms in total. The zero-order chi connectivity index (χ0) is 11.4. The van der Waals surface area contributed by atoms with Crippen LogP contribution < -0.4 is 5.32 Å². The summed E-state index contributed by atoms with van der Waals surface area (Å²) in [6, 6.07) is 0. The molecule has 82 valence electrons. The fraction of sp³-hybridized carbons (Fsp3) is 0.125. The number of halogens is 1. The summed E-state index contributed by atoms with van der Waals surface area (Å²) in [5.41, 5.74) is 0. The smallest absolute Gasteiger partial charge is 0.228 e. The van der Waals surface area contributed by atoms with Gasteiger partial charge in [-0.1, -0.05) is 0 Å². The molecule has 0 atom stereocenters. The predicted octanol–water partition coefficient (Wildman–Crippen LogP) is 1.51. The molecular weight excluding hydrogens is 248 g/mol. The highest BCUT2D eigenvalue weighted by Crippen LogP contribution is 2.22. The Labute approximate surface area is 101 Å². The molecular formula is C8H7ClN6S. The average molecular weight is 255 g/mol. The van der Waals surface area contributed by atoms with E-state index in [1.54, 1.807) is 25.6 Å². The molecule has 2 rings (SSSR count). The van der Waals surface area contributed by atoms with E-state index in [0.29, 0.717) is 16.1 Å². The molecule has 2 heterocycles. The van der Waals surface area contributed by atoms with Crippen LogP contribution in [-0.2, 0) is 0 Å². The van der Waals surface area contributed by atoms with Gasteiger partial charge >= 0.3 is 0 Å². The van der Waals surface area contributed by atoms with E-state index in [2.05, 4.69) is 30.2 Å². The van der Waals surface area contributed by atoms with Crippen molar-refractivity contribution < 1.29 is 0 Å². The van der Waals surface area contributed by atoms with E-state index in [1.807, 2.05) is 0 Å². The van der Waals surface area contributed by atoms with Crippen LogP contribution in [0.25, 0.3) is 0 Å². The van der Waals surface area contributed by atoms with E-state index in [0.717, 1.165) is 0 Å². The summed E-state index contributed by atoms with van der Waals surface area (Å²) >= 11 is 7.01. The lowest BCUT2D eigenvalue weighted by Gasteiger charge is -2.01. The summed E-state index contributed by atoms with van der Waals surface area (Å²) < 4.78 is 0. The number of rotatable bonds is 3. The van der Waals surface area contributed by atoms with Crippen molar-refractivity contribution in [3.05, 3.63) is 23.9 Å². The molecule has 0 saturated carbocycles. The second kappa shape index (κ2) is 5.04. The van der Waals surface area contributed by atoms with Crippen molar-refractivity contribution in [2.24, 2.45) is 0 Å². The fourth-order valence-electron chi connectivity index (χ4n) is 0.921. The summed E-state index contributed by atoms with van der Waals surface area (Å²) in [5, 5.41) is 4.12. The first-order valence-corrected chi connectivity index (χ1v) is 5.50. The zero-order valence-electron chi connectivity index (χ0n) is 8.25. The van der Waals surface area contributed by atoms with Crippen molar-refractivity contribution in [2.75, 3.05) is 12.4 Å². The minimum absolute atomic E-state index is 0.144. The van der Waals surface area contributed by atoms with Gasteiger partial charge in [-0.05, 0) is 23.4 Å². The summed E-state index contributed by atoms with van der Waals surface area (Å²) in [7, 11) is 1.71. The second-order valence-corrected chi connectivity index (χ2v) is 3.93. The minimum Gasteiger partial charge on any atom is -0.357 e. The van der Waals surface area contributed by atoms with E-state index in [4.69, 9.17) is 11.6 Å². The van der Waals surface area contributed by atoms with Crippen molar-refractivity contribution in [1.29, 1.82) is 0 Å². The Morgan fingerprint density at radius 1 is 1.25 bits per heavy atom. The molecule has 0 spiro atoms. The third-order valence-electron chi connectivity index (χ3n) is 1.55. The standard InChI is InChI=1S/C8H7ClN6S/c1-10-7-13-6(9)14-8(15-7)16-5-4-11-2-3-12-5/h2-4H,1H3,(H,10,13,14,15). The predicted molar refractivity (Wildman–Crippen MR) is 60.5 cm³/mol. The Morgan fingerprint density at radius 3 is 2.81 bits per heavy atom. The van der Waals surface area contributed by atoms with Crippen LogP contribution in [0.5, 0.6) is 0 Å². The first kappa shape index (κ1) is 11.0. The van der Waals surface area contributed by atoms with Gasteiger partial charge in [0.05, 0.1) is 6.20 Å². The Morgan fingerprint density at radius 2 is 2.12 bits per heavy atom. The van der Waals surface area contributed by atoms with Gasteiger partial charge in [0.1, 0.15) is 5.03 Å². The molecule has 0 saturated heterocycles. The first-order chi connectivity index (χ1) is 7.78. The molecule has 0 aliphatic rings. The van der Waals surface area contributed by atoms with Crippen molar-refractivity contribution in [3.8, 4) is 0 Å². The Bertz CT molecular complexity index is 479. The number of anilines is 1. The van der Waals surface area contributed by atoms with Crippen LogP contribution in [-0.4, -0.2) is 32.0 Å². The van der Waals surface area contributed by atoms with Crippen molar-refractivity contribution in [2.45, 2.75) is 10.2 Å². The lowest BCUT2D eigenvalue weighted by molar-refractivity contribution is 0.903. The van der Waals surface area contributed by atoms with Gasteiger partial charge in [0.25, 0.3) is 0 Å². The van der Waals surface area contributed by atoms with E-state index in [9.17, 15) is 0 Å². The molecule has 0 aliphatic carbocycles. The molecule has 0 amide bonds. The second-order valence-electron chi connectivity index (χ2n) is 2.61. The quantitative estimate of drug-likeness (QED) is 0.890. The third-order valence-corrected chi connectivity index (χ3v) is 2.50. The largest absolute Gasteiger partial charge is 0.357 e. The maximum Gasteiger partial charge on any atom is 0.228 e. The van der Waals surface area contributed by atoms with Gasteiger partial charge in [-0.15, -0.1) is 0 Å². The number of nitrogens with one attached hydrogen (secondary N) is 1. The van der Waals surface area contributed by atoms with Gasteiger partial charge < -0.3 is 5.32 Å². The summed E-state index contributed by atoms with van der Waals surface area (Å²) in [6.07, 6.45) is 4.83. The van der Waals surface area contributed by atoms with Crippen LogP contribution in [0.2, 0.25) is 5.28 Å². The van der Waals surface area contributed by atoms with Crippen molar-refractivity contribution in [3.63, 3.8) is 0 Å². The third kappa shape index (κ3) is 2.77. The molecule has 0 unspecified atom stereocenters. The molecule has 0 aliphatic heterocycles. The van der Waals surface area contributed by atoms with Crippen LogP contribution in [0.3, 0.4) is 0 Å². The molecule has 0 aromatic carbocycles. The molecule has 8 heteroatoms. The minimum atomic E-state index is 0.144. The molecule has 16 heavy (non-hydrogen) atoms. The molecule has 1 N–H and O–H groups in total. The molecule has 2 aromatic rings. The van der Waals surface area contributed by atoms with Crippen LogP contribution in [0.4, 0.5) is 5.95 Å². The number of hydrogen-bond donors (Lipinski definition) is 1. The number of hydrogen-bond acceptors (Lipinski definition) is 7. The van der Waals surface area contributed by atoms with E-state index in [1.165, 1.54) is 11.8 Å². The zero-order valence-corrected chi connectivity index (χ0v) is 9.83. The van der Waals surface area contributed by atoms with Gasteiger partial charge in [0.15, 0.2) is 5.16 Å². The maximum absolute atomic E-state index is 5.74. The topological polar surface area (TPSA) is 76.5 Å². The SMILES string of the molecule is CNc1nc(Cl)nc(Sc2cnccn2)n1. The Kier molecular flexibility index (Phi) is 3.47. The van der Waals surface area contributed by atoms with Crippen LogP contribution >= 0.6 is 23.4 Å². The van der Waals surface area contributed by atoms with E-state index in [-0.39, 0.29) is 5.28 Å². The van der Waals surface area contributed by atoms with E-state index >= 15 is 0 Å². The van der Waals surface area contributed by atoms with Crippen LogP contribution in [0, 0.1) is 0 Å². The van der Waals surface area contributed by atoms with Crippen LogP contribution in [0.15, 0.2) is 28.8 Å². The Balaban J connectivity index is 2.24. The van der Waals surface area contributed by atoms with Gasteiger partial charge in [-0.2, -0.15) is 15.0 Å². The Hall–Kier alpha value is -1.47. The average Bonchev–Trinajstić information content (AvgIpc) is 2.29. The maximum atomic E-state index is 5.74. The van der Waals surface area contributed by atoms with Gasteiger partial charge in [0.2, 0.25) is 11.2 Å². The lowest BCUT2D eigenvalue weighted by Crippen LogP contribution is -2.00. The highest BCUT2D eigenvalue weighted by Gasteiger charge is 2.06. The summed E-state index contributed by atoms with van der Waals surface area (Å²) in [4.78, 5) is 20.0. The van der Waals surface area contributed by atoms with Crippen molar-refractivity contribution in [1.82, 2.24) is 24.9 Å². The molecule has 0 radical (unpaired) electrons. The summed E-state index contributed by atoms with van der Waals surface area (Å²) in [5.74, 6) is 0.423. The number of aromatic nitrogens is 5.